The highest BCUT2D eigenvalue weighted by Crippen LogP contribution is 2.41. The highest BCUT2D eigenvalue weighted by molar-refractivity contribution is 6.35. The van der Waals surface area contributed by atoms with E-state index in [4.69, 9.17) is 11.6 Å². The maximum absolute atomic E-state index is 11.5. The van der Waals surface area contributed by atoms with Crippen LogP contribution >= 0.6 is 11.6 Å². The van der Waals surface area contributed by atoms with Crippen LogP contribution in [0.1, 0.15) is 31.7 Å². The summed E-state index contributed by atoms with van der Waals surface area (Å²) in [5.74, 6) is -0.968. The first kappa shape index (κ1) is 12.1. The first-order valence-corrected chi connectivity index (χ1v) is 6.00. The number of hydrogen-bond donors (Lipinski definition) is 1. The van der Waals surface area contributed by atoms with E-state index < -0.39 is 11.7 Å². The van der Waals surface area contributed by atoms with Crippen LogP contribution < -0.4 is 5.32 Å². The van der Waals surface area contributed by atoms with Crippen molar-refractivity contribution in [2.75, 3.05) is 0 Å². The minimum atomic E-state index is -0.514. The van der Waals surface area contributed by atoms with E-state index in [0.29, 0.717) is 5.02 Å². The quantitative estimate of drug-likeness (QED) is 0.839. The Balaban J connectivity index is 2.22. The van der Waals surface area contributed by atoms with Gasteiger partial charge >= 0.3 is 0 Å². The van der Waals surface area contributed by atoms with E-state index in [2.05, 4.69) is 5.32 Å². The number of Topliss-reactive ketones (excluding diaryl/α,β-unsaturated/α-hetero) is 1. The first-order valence-electron chi connectivity index (χ1n) is 5.63. The summed E-state index contributed by atoms with van der Waals surface area (Å²) in [6.07, 6.45) is 2.79. The van der Waals surface area contributed by atoms with Crippen LogP contribution in [-0.4, -0.2) is 11.7 Å². The summed E-state index contributed by atoms with van der Waals surface area (Å²) in [4.78, 5) is 22.5. The summed E-state index contributed by atoms with van der Waals surface area (Å²) in [7, 11) is 0. The van der Waals surface area contributed by atoms with Gasteiger partial charge in [-0.3, -0.25) is 9.59 Å². The fourth-order valence-electron chi connectivity index (χ4n) is 2.09. The van der Waals surface area contributed by atoms with Gasteiger partial charge in [-0.1, -0.05) is 23.7 Å². The van der Waals surface area contributed by atoms with E-state index >= 15 is 0 Å². The van der Waals surface area contributed by atoms with Crippen LogP contribution in [0.2, 0.25) is 5.02 Å². The van der Waals surface area contributed by atoms with Crippen molar-refractivity contribution in [2.24, 2.45) is 0 Å². The second kappa shape index (κ2) is 4.49. The summed E-state index contributed by atoms with van der Waals surface area (Å²) in [6, 6.07) is 7.41. The van der Waals surface area contributed by atoms with E-state index in [-0.39, 0.29) is 5.54 Å². The van der Waals surface area contributed by atoms with Crippen molar-refractivity contribution < 1.29 is 9.59 Å². The monoisotopic (exact) mass is 251 g/mol. The molecule has 1 fully saturated rings. The second-order valence-corrected chi connectivity index (χ2v) is 4.89. The molecule has 1 aliphatic rings. The topological polar surface area (TPSA) is 46.2 Å². The predicted molar refractivity (Wildman–Crippen MR) is 65.8 cm³/mol. The molecule has 1 amide bonds. The Labute approximate surface area is 105 Å². The molecular formula is C13H14ClNO2. The van der Waals surface area contributed by atoms with Gasteiger partial charge in [0.25, 0.3) is 5.91 Å². The highest BCUT2D eigenvalue weighted by atomic mass is 35.5. The van der Waals surface area contributed by atoms with Crippen molar-refractivity contribution in [1.82, 2.24) is 5.32 Å². The third-order valence-electron chi connectivity index (χ3n) is 3.28. The number of halogens is 1. The average Bonchev–Trinajstić information content (AvgIpc) is 2.24. The van der Waals surface area contributed by atoms with Crippen molar-refractivity contribution in [3.05, 3.63) is 34.9 Å². The number of carbonyl (C=O) groups is 2. The van der Waals surface area contributed by atoms with Gasteiger partial charge in [-0.25, -0.2) is 0 Å². The summed E-state index contributed by atoms with van der Waals surface area (Å²) in [6.45, 7) is 1.28. The highest BCUT2D eigenvalue weighted by Gasteiger charge is 2.40. The van der Waals surface area contributed by atoms with Gasteiger partial charge in [0.05, 0.1) is 5.54 Å². The molecule has 17 heavy (non-hydrogen) atoms. The third-order valence-corrected chi connectivity index (χ3v) is 3.53. The molecule has 1 aromatic carbocycles. The van der Waals surface area contributed by atoms with Gasteiger partial charge in [0, 0.05) is 11.9 Å². The van der Waals surface area contributed by atoms with Crippen molar-refractivity contribution in [2.45, 2.75) is 31.7 Å². The minimum absolute atomic E-state index is 0.368. The van der Waals surface area contributed by atoms with Gasteiger partial charge in [0.1, 0.15) is 0 Å². The Bertz CT molecular complexity index is 449. The zero-order valence-electron chi connectivity index (χ0n) is 9.63. The zero-order valence-corrected chi connectivity index (χ0v) is 10.4. The molecule has 1 aliphatic carbocycles. The number of nitrogens with one attached hydrogen (secondary N) is 1. The molecule has 1 aromatic rings. The lowest BCUT2D eigenvalue weighted by atomic mass is 9.71. The molecule has 0 atom stereocenters. The Morgan fingerprint density at radius 1 is 1.24 bits per heavy atom. The summed E-state index contributed by atoms with van der Waals surface area (Å²) in [5.41, 5.74) is 0.649. The maximum atomic E-state index is 11.5. The fourth-order valence-corrected chi connectivity index (χ4v) is 2.22. The number of hydrogen-bond acceptors (Lipinski definition) is 2. The van der Waals surface area contributed by atoms with Crippen LogP contribution in [0.15, 0.2) is 24.3 Å². The molecule has 0 saturated heterocycles. The second-order valence-electron chi connectivity index (χ2n) is 4.45. The molecule has 0 heterocycles. The molecule has 3 nitrogen and oxygen atoms in total. The molecule has 0 aliphatic heterocycles. The van der Waals surface area contributed by atoms with Gasteiger partial charge in [0.2, 0.25) is 5.78 Å². The molecule has 0 bridgehead atoms. The molecule has 90 valence electrons. The van der Waals surface area contributed by atoms with Crippen LogP contribution in [0.5, 0.6) is 0 Å². The van der Waals surface area contributed by atoms with Gasteiger partial charge in [0.15, 0.2) is 0 Å². The first-order chi connectivity index (χ1) is 8.03. The number of benzene rings is 1. The molecular weight excluding hydrogens is 238 g/mol. The number of ketones is 1. The Morgan fingerprint density at radius 3 is 2.24 bits per heavy atom. The van der Waals surface area contributed by atoms with Crippen molar-refractivity contribution in [3.63, 3.8) is 0 Å². The van der Waals surface area contributed by atoms with E-state index in [1.165, 1.54) is 6.92 Å². The van der Waals surface area contributed by atoms with Gasteiger partial charge in [-0.05, 0) is 37.0 Å². The van der Waals surface area contributed by atoms with Crippen LogP contribution in [0, 0.1) is 0 Å². The zero-order chi connectivity index (χ0) is 12.5. The molecule has 0 spiro atoms. The third kappa shape index (κ3) is 2.34. The average molecular weight is 252 g/mol. The minimum Gasteiger partial charge on any atom is -0.340 e. The van der Waals surface area contributed by atoms with Crippen molar-refractivity contribution >= 4 is 23.3 Å². The number of amides is 1. The maximum Gasteiger partial charge on any atom is 0.287 e. The Kier molecular flexibility index (Phi) is 3.20. The molecule has 1 saturated carbocycles. The van der Waals surface area contributed by atoms with E-state index in [1.807, 2.05) is 12.1 Å². The summed E-state index contributed by atoms with van der Waals surface area (Å²) in [5, 5.41) is 3.50. The van der Waals surface area contributed by atoms with E-state index in [0.717, 1.165) is 24.8 Å². The normalized spacial score (nSPS) is 17.1. The lowest BCUT2D eigenvalue weighted by Crippen LogP contribution is -2.52. The van der Waals surface area contributed by atoms with Crippen LogP contribution in [-0.2, 0) is 15.1 Å². The fraction of sp³-hybridized carbons (Fsp3) is 0.385. The lowest BCUT2D eigenvalue weighted by Gasteiger charge is -2.42. The van der Waals surface area contributed by atoms with Crippen molar-refractivity contribution in [3.8, 4) is 0 Å². The lowest BCUT2D eigenvalue weighted by molar-refractivity contribution is -0.138. The van der Waals surface area contributed by atoms with E-state index in [1.54, 1.807) is 12.1 Å². The Morgan fingerprint density at radius 2 is 1.82 bits per heavy atom. The largest absolute Gasteiger partial charge is 0.340 e. The smallest absolute Gasteiger partial charge is 0.287 e. The Hall–Kier alpha value is -1.35. The molecule has 0 aromatic heterocycles. The molecule has 1 N–H and O–H groups in total. The summed E-state index contributed by atoms with van der Waals surface area (Å²) < 4.78 is 0. The number of carbonyl (C=O) groups excluding carboxylic acids is 2. The van der Waals surface area contributed by atoms with Crippen LogP contribution in [0.4, 0.5) is 0 Å². The molecule has 4 heteroatoms. The predicted octanol–water partition coefficient (Wildman–Crippen LogP) is 2.42. The van der Waals surface area contributed by atoms with Gasteiger partial charge in [-0.2, -0.15) is 0 Å². The van der Waals surface area contributed by atoms with Crippen molar-refractivity contribution in [1.29, 1.82) is 0 Å². The van der Waals surface area contributed by atoms with Crippen LogP contribution in [0.3, 0.4) is 0 Å². The van der Waals surface area contributed by atoms with Gasteiger partial charge in [-0.15, -0.1) is 0 Å². The molecule has 2 rings (SSSR count). The van der Waals surface area contributed by atoms with Crippen LogP contribution in [0.25, 0.3) is 0 Å². The number of rotatable bonds is 3. The van der Waals surface area contributed by atoms with E-state index in [9.17, 15) is 9.59 Å². The standard InChI is InChI=1S/C13H14ClNO2/c1-9(16)12(17)15-13(7-2-8-13)10-3-5-11(14)6-4-10/h3-6H,2,7-8H2,1H3,(H,15,17). The SMILES string of the molecule is CC(=O)C(=O)NC1(c2ccc(Cl)cc2)CCC1. The molecule has 0 unspecified atom stereocenters. The summed E-state index contributed by atoms with van der Waals surface area (Å²) >= 11 is 5.84. The van der Waals surface area contributed by atoms with Gasteiger partial charge < -0.3 is 5.32 Å². The molecule has 0 radical (unpaired) electrons.